The van der Waals surface area contributed by atoms with Crippen LogP contribution < -0.4 is 5.32 Å². The highest BCUT2D eigenvalue weighted by atomic mass is 32.2. The molecule has 1 rings (SSSR count). The zero-order valence-corrected chi connectivity index (χ0v) is 12.5. The number of hydrogen-bond acceptors (Lipinski definition) is 4. The van der Waals surface area contributed by atoms with E-state index < -0.39 is 21.1 Å². The standard InChI is InChI=1S/C13H23NO5S/c15-12(16)8-3-1-2-5-9-14-13(17)11-7-4-6-10-20(11,18)19/h11H,1-10H2,(H,14,17)(H,15,16). The SMILES string of the molecule is O=C(O)CCCCCCNC(=O)C1CCCCS1(=O)=O. The third-order valence-electron chi connectivity index (χ3n) is 3.49. The first-order valence-electron chi connectivity index (χ1n) is 7.14. The van der Waals surface area contributed by atoms with E-state index in [0.717, 1.165) is 25.7 Å². The Labute approximate surface area is 119 Å². The van der Waals surface area contributed by atoms with Crippen LogP contribution in [0.3, 0.4) is 0 Å². The van der Waals surface area contributed by atoms with Crippen LogP contribution in [0, 0.1) is 0 Å². The van der Waals surface area contributed by atoms with Crippen LogP contribution in [-0.2, 0) is 19.4 Å². The van der Waals surface area contributed by atoms with E-state index in [-0.39, 0.29) is 18.1 Å². The van der Waals surface area contributed by atoms with Crippen LogP contribution >= 0.6 is 0 Å². The van der Waals surface area contributed by atoms with E-state index in [0.29, 0.717) is 25.8 Å². The molecule has 0 radical (unpaired) electrons. The first kappa shape index (κ1) is 16.9. The molecule has 1 aliphatic heterocycles. The largest absolute Gasteiger partial charge is 0.481 e. The monoisotopic (exact) mass is 305 g/mol. The van der Waals surface area contributed by atoms with Gasteiger partial charge in [-0.25, -0.2) is 8.42 Å². The number of unbranched alkanes of at least 4 members (excludes halogenated alkanes) is 3. The Morgan fingerprint density at radius 3 is 2.45 bits per heavy atom. The Hall–Kier alpha value is -1.11. The summed E-state index contributed by atoms with van der Waals surface area (Å²) < 4.78 is 23.5. The van der Waals surface area contributed by atoms with Crippen molar-refractivity contribution >= 4 is 21.7 Å². The molecule has 0 spiro atoms. The number of amides is 1. The van der Waals surface area contributed by atoms with E-state index in [1.165, 1.54) is 0 Å². The molecule has 7 heteroatoms. The average Bonchev–Trinajstić information content (AvgIpc) is 2.36. The van der Waals surface area contributed by atoms with Crippen LogP contribution in [0.1, 0.15) is 51.4 Å². The number of carboxylic acids is 1. The minimum absolute atomic E-state index is 0.111. The molecule has 1 heterocycles. The van der Waals surface area contributed by atoms with E-state index >= 15 is 0 Å². The number of rotatable bonds is 8. The van der Waals surface area contributed by atoms with Gasteiger partial charge in [-0.2, -0.15) is 0 Å². The Morgan fingerprint density at radius 1 is 1.10 bits per heavy atom. The van der Waals surface area contributed by atoms with Crippen molar-refractivity contribution in [2.24, 2.45) is 0 Å². The fourth-order valence-corrected chi connectivity index (χ4v) is 4.16. The predicted octanol–water partition coefficient (Wildman–Crippen LogP) is 1.10. The molecule has 116 valence electrons. The molecule has 1 atom stereocenters. The highest BCUT2D eigenvalue weighted by Crippen LogP contribution is 2.19. The molecule has 1 fully saturated rings. The highest BCUT2D eigenvalue weighted by molar-refractivity contribution is 7.92. The van der Waals surface area contributed by atoms with Crippen molar-refractivity contribution in [2.45, 2.75) is 56.6 Å². The minimum Gasteiger partial charge on any atom is -0.481 e. The van der Waals surface area contributed by atoms with E-state index in [1.807, 2.05) is 0 Å². The second-order valence-electron chi connectivity index (χ2n) is 5.20. The normalized spacial score (nSPS) is 21.3. The lowest BCUT2D eigenvalue weighted by atomic mass is 10.1. The lowest BCUT2D eigenvalue weighted by Gasteiger charge is -2.21. The van der Waals surface area contributed by atoms with Gasteiger partial charge in [0.2, 0.25) is 5.91 Å². The molecule has 0 saturated carbocycles. The summed E-state index contributed by atoms with van der Waals surface area (Å²) in [5.41, 5.74) is 0. The Morgan fingerprint density at radius 2 is 1.80 bits per heavy atom. The number of nitrogens with one attached hydrogen (secondary N) is 1. The second-order valence-corrected chi connectivity index (χ2v) is 7.50. The molecule has 0 bridgehead atoms. The topological polar surface area (TPSA) is 101 Å². The maximum absolute atomic E-state index is 11.8. The van der Waals surface area contributed by atoms with E-state index in [9.17, 15) is 18.0 Å². The van der Waals surface area contributed by atoms with Crippen LogP contribution in [0.2, 0.25) is 0 Å². The zero-order chi connectivity index (χ0) is 15.0. The van der Waals surface area contributed by atoms with Gasteiger partial charge in [0.05, 0.1) is 5.75 Å². The molecule has 6 nitrogen and oxygen atoms in total. The van der Waals surface area contributed by atoms with Gasteiger partial charge in [-0.3, -0.25) is 9.59 Å². The molecule has 0 aromatic carbocycles. The minimum atomic E-state index is -3.26. The predicted molar refractivity (Wildman–Crippen MR) is 75.2 cm³/mol. The van der Waals surface area contributed by atoms with Crippen LogP contribution in [0.5, 0.6) is 0 Å². The van der Waals surface area contributed by atoms with Gasteiger partial charge in [-0.15, -0.1) is 0 Å². The fourth-order valence-electron chi connectivity index (χ4n) is 2.33. The average molecular weight is 305 g/mol. The maximum atomic E-state index is 11.8. The molecule has 20 heavy (non-hydrogen) atoms. The molecule has 2 N–H and O–H groups in total. The molecule has 1 amide bonds. The van der Waals surface area contributed by atoms with Crippen LogP contribution in [0.4, 0.5) is 0 Å². The van der Waals surface area contributed by atoms with Crippen molar-refractivity contribution in [1.82, 2.24) is 5.32 Å². The molecular weight excluding hydrogens is 282 g/mol. The summed E-state index contributed by atoms with van der Waals surface area (Å²) in [6, 6.07) is 0. The summed E-state index contributed by atoms with van der Waals surface area (Å²) in [5, 5.41) is 10.3. The Bertz CT molecular complexity index is 432. The highest BCUT2D eigenvalue weighted by Gasteiger charge is 2.34. The van der Waals surface area contributed by atoms with Crippen molar-refractivity contribution < 1.29 is 23.1 Å². The molecule has 0 aromatic rings. The number of carbonyl (C=O) groups is 2. The molecular formula is C13H23NO5S. The first-order chi connectivity index (χ1) is 9.43. The van der Waals surface area contributed by atoms with Gasteiger partial charge in [-0.05, 0) is 25.7 Å². The summed E-state index contributed by atoms with van der Waals surface area (Å²) in [5.74, 6) is -1.06. The number of carbonyl (C=O) groups excluding carboxylic acids is 1. The Balaban J connectivity index is 2.15. The summed E-state index contributed by atoms with van der Waals surface area (Å²) in [7, 11) is -3.26. The van der Waals surface area contributed by atoms with Crippen molar-refractivity contribution in [2.75, 3.05) is 12.3 Å². The summed E-state index contributed by atoms with van der Waals surface area (Å²) in [6.07, 6.45) is 5.06. The summed E-state index contributed by atoms with van der Waals surface area (Å²) in [6.45, 7) is 0.456. The van der Waals surface area contributed by atoms with Gasteiger partial charge in [0.25, 0.3) is 0 Å². The molecule has 1 aliphatic rings. The number of carboxylic acid groups (broad SMARTS) is 1. The van der Waals surface area contributed by atoms with Crippen molar-refractivity contribution in [3.63, 3.8) is 0 Å². The lowest BCUT2D eigenvalue weighted by Crippen LogP contribution is -2.43. The lowest BCUT2D eigenvalue weighted by molar-refractivity contribution is -0.137. The summed E-state index contributed by atoms with van der Waals surface area (Å²) >= 11 is 0. The molecule has 0 aliphatic carbocycles. The van der Waals surface area contributed by atoms with Crippen LogP contribution in [0.25, 0.3) is 0 Å². The quantitative estimate of drug-likeness (QED) is 0.654. The third kappa shape index (κ3) is 5.90. The molecule has 1 saturated heterocycles. The van der Waals surface area contributed by atoms with Gasteiger partial charge in [-0.1, -0.05) is 19.3 Å². The van der Waals surface area contributed by atoms with Crippen LogP contribution in [0.15, 0.2) is 0 Å². The third-order valence-corrected chi connectivity index (χ3v) is 5.66. The van der Waals surface area contributed by atoms with Crippen molar-refractivity contribution in [3.05, 3.63) is 0 Å². The smallest absolute Gasteiger partial charge is 0.303 e. The molecule has 0 aromatic heterocycles. The fraction of sp³-hybridized carbons (Fsp3) is 0.846. The number of sulfone groups is 1. The maximum Gasteiger partial charge on any atom is 0.303 e. The zero-order valence-electron chi connectivity index (χ0n) is 11.6. The number of aliphatic carboxylic acids is 1. The first-order valence-corrected chi connectivity index (χ1v) is 8.86. The van der Waals surface area contributed by atoms with Gasteiger partial charge < -0.3 is 10.4 Å². The van der Waals surface area contributed by atoms with Crippen molar-refractivity contribution in [1.29, 1.82) is 0 Å². The van der Waals surface area contributed by atoms with Crippen LogP contribution in [-0.4, -0.2) is 42.9 Å². The second kappa shape index (κ2) is 8.24. The van der Waals surface area contributed by atoms with Gasteiger partial charge in [0.15, 0.2) is 9.84 Å². The van der Waals surface area contributed by atoms with E-state index in [1.54, 1.807) is 0 Å². The van der Waals surface area contributed by atoms with E-state index in [2.05, 4.69) is 5.32 Å². The van der Waals surface area contributed by atoms with Gasteiger partial charge in [0.1, 0.15) is 5.25 Å². The van der Waals surface area contributed by atoms with E-state index in [4.69, 9.17) is 5.11 Å². The summed E-state index contributed by atoms with van der Waals surface area (Å²) in [4.78, 5) is 22.1. The number of hydrogen-bond donors (Lipinski definition) is 2. The van der Waals surface area contributed by atoms with Gasteiger partial charge in [0, 0.05) is 13.0 Å². The van der Waals surface area contributed by atoms with Crippen molar-refractivity contribution in [3.8, 4) is 0 Å². The molecule has 1 unspecified atom stereocenters. The van der Waals surface area contributed by atoms with Gasteiger partial charge >= 0.3 is 5.97 Å². The Kier molecular flexibility index (Phi) is 6.98.